The molecule has 0 saturated heterocycles. The van der Waals surface area contributed by atoms with Gasteiger partial charge in [-0.1, -0.05) is 0 Å². The van der Waals surface area contributed by atoms with Crippen molar-refractivity contribution in [2.75, 3.05) is 6.54 Å². The van der Waals surface area contributed by atoms with Gasteiger partial charge in [0.05, 0.1) is 17.4 Å². The molecule has 1 N–H and O–H groups in total. The second kappa shape index (κ2) is 5.38. The minimum absolute atomic E-state index is 0.690. The van der Waals surface area contributed by atoms with Crippen molar-refractivity contribution in [3.63, 3.8) is 0 Å². The quantitative estimate of drug-likeness (QED) is 0.947. The van der Waals surface area contributed by atoms with Gasteiger partial charge >= 0.3 is 6.18 Å². The van der Waals surface area contributed by atoms with Crippen molar-refractivity contribution in [1.82, 2.24) is 14.9 Å². The molecule has 0 aliphatic rings. The highest BCUT2D eigenvalue weighted by Crippen LogP contribution is 2.22. The molecule has 0 unspecified atom stereocenters. The van der Waals surface area contributed by atoms with E-state index < -0.39 is 24.7 Å². The van der Waals surface area contributed by atoms with Gasteiger partial charge in [-0.3, -0.25) is 4.79 Å². The van der Waals surface area contributed by atoms with Crippen LogP contribution in [0.25, 0.3) is 11.0 Å². The molecule has 21 heavy (non-hydrogen) atoms. The highest BCUT2D eigenvalue weighted by Gasteiger charge is 2.29. The molecule has 0 spiro atoms. The zero-order valence-electron chi connectivity index (χ0n) is 12.0. The molecule has 2 rings (SSSR count). The number of aromatic nitrogens is 2. The lowest BCUT2D eigenvalue weighted by Gasteiger charge is -2.16. The summed E-state index contributed by atoms with van der Waals surface area (Å²) in [6, 6.07) is 3.01. The summed E-state index contributed by atoms with van der Waals surface area (Å²) in [4.78, 5) is 16.0. The van der Waals surface area contributed by atoms with E-state index in [-0.39, 0.29) is 0 Å². The van der Waals surface area contributed by atoms with Crippen LogP contribution in [0.1, 0.15) is 24.1 Å². The van der Waals surface area contributed by atoms with Crippen molar-refractivity contribution < 1.29 is 18.0 Å². The van der Waals surface area contributed by atoms with Gasteiger partial charge in [0.25, 0.3) is 0 Å². The van der Waals surface area contributed by atoms with E-state index in [1.54, 1.807) is 11.5 Å². The molecule has 0 bridgehead atoms. The maximum atomic E-state index is 12.1. The fourth-order valence-corrected chi connectivity index (χ4v) is 2.05. The van der Waals surface area contributed by atoms with Crippen LogP contribution in [0.2, 0.25) is 0 Å². The molecule has 0 saturated carbocycles. The topological polar surface area (TPSA) is 46.9 Å². The van der Waals surface area contributed by atoms with E-state index in [4.69, 9.17) is 0 Å². The lowest BCUT2D eigenvalue weighted by Crippen LogP contribution is -2.37. The van der Waals surface area contributed by atoms with Crippen LogP contribution in [0, 0.1) is 13.8 Å². The normalized spacial score (nSPS) is 13.4. The number of nitrogens with one attached hydrogen (secondary N) is 1. The highest BCUT2D eigenvalue weighted by molar-refractivity contribution is 5.84. The molecule has 0 fully saturated rings. The van der Waals surface area contributed by atoms with Crippen molar-refractivity contribution in [2.45, 2.75) is 33.0 Å². The van der Waals surface area contributed by atoms with Crippen LogP contribution < -0.4 is 5.32 Å². The SMILES string of the molecule is Cc1cc2ncn([C@@H](C)C(=O)NCC(F)(F)F)c2cc1C. The Balaban J connectivity index is 2.25. The number of nitrogens with zero attached hydrogens (tertiary/aromatic N) is 2. The zero-order chi connectivity index (χ0) is 15.8. The Morgan fingerprint density at radius 2 is 1.95 bits per heavy atom. The number of benzene rings is 1. The number of hydrogen-bond acceptors (Lipinski definition) is 2. The second-order valence-electron chi connectivity index (χ2n) is 5.09. The summed E-state index contributed by atoms with van der Waals surface area (Å²) in [5, 5.41) is 1.89. The molecule has 1 heterocycles. The van der Waals surface area contributed by atoms with Gasteiger partial charge in [0, 0.05) is 0 Å². The van der Waals surface area contributed by atoms with Crippen molar-refractivity contribution in [3.05, 3.63) is 29.6 Å². The van der Waals surface area contributed by atoms with Crippen LogP contribution in [0.5, 0.6) is 0 Å². The van der Waals surface area contributed by atoms with Crippen LogP contribution in [0.4, 0.5) is 13.2 Å². The Morgan fingerprint density at radius 3 is 2.57 bits per heavy atom. The number of rotatable bonds is 3. The van der Waals surface area contributed by atoms with Crippen molar-refractivity contribution in [2.24, 2.45) is 0 Å². The monoisotopic (exact) mass is 299 g/mol. The molecule has 1 aromatic heterocycles. The van der Waals surface area contributed by atoms with E-state index in [0.717, 1.165) is 16.6 Å². The Morgan fingerprint density at radius 1 is 1.33 bits per heavy atom. The first-order valence-corrected chi connectivity index (χ1v) is 6.47. The van der Waals surface area contributed by atoms with E-state index >= 15 is 0 Å². The molecule has 4 nitrogen and oxygen atoms in total. The number of halogens is 3. The molecule has 1 atom stereocenters. The summed E-state index contributed by atoms with van der Waals surface area (Å²) in [5.74, 6) is -0.690. The minimum atomic E-state index is -4.42. The Labute approximate surface area is 120 Å². The van der Waals surface area contributed by atoms with Gasteiger partial charge in [0.2, 0.25) is 5.91 Å². The second-order valence-corrected chi connectivity index (χ2v) is 5.09. The van der Waals surface area contributed by atoms with Gasteiger partial charge in [0.1, 0.15) is 12.6 Å². The smallest absolute Gasteiger partial charge is 0.345 e. The molecule has 1 amide bonds. The highest BCUT2D eigenvalue weighted by atomic mass is 19.4. The maximum absolute atomic E-state index is 12.1. The first kappa shape index (κ1) is 15.3. The number of hydrogen-bond donors (Lipinski definition) is 1. The van der Waals surface area contributed by atoms with Gasteiger partial charge in [-0.2, -0.15) is 13.2 Å². The molecular weight excluding hydrogens is 283 g/mol. The summed E-state index contributed by atoms with van der Waals surface area (Å²) in [5.41, 5.74) is 3.55. The lowest BCUT2D eigenvalue weighted by molar-refractivity contribution is -0.140. The van der Waals surface area contributed by atoms with E-state index in [1.165, 1.54) is 6.33 Å². The summed E-state index contributed by atoms with van der Waals surface area (Å²) in [6.45, 7) is 4.09. The van der Waals surface area contributed by atoms with Crippen LogP contribution >= 0.6 is 0 Å². The number of carbonyl (C=O) groups excluding carboxylic acids is 1. The van der Waals surface area contributed by atoms with Crippen molar-refractivity contribution >= 4 is 16.9 Å². The van der Waals surface area contributed by atoms with E-state index in [0.29, 0.717) is 5.52 Å². The fraction of sp³-hybridized carbons (Fsp3) is 0.429. The van der Waals surface area contributed by atoms with Gasteiger partial charge in [-0.25, -0.2) is 4.98 Å². The molecular formula is C14H16F3N3O. The summed E-state index contributed by atoms with van der Waals surface area (Å²) in [6.07, 6.45) is -2.94. The predicted molar refractivity (Wildman–Crippen MR) is 73.0 cm³/mol. The third-order valence-electron chi connectivity index (χ3n) is 3.45. The first-order valence-electron chi connectivity index (χ1n) is 6.47. The predicted octanol–water partition coefficient (Wildman–Crippen LogP) is 2.89. The van der Waals surface area contributed by atoms with Crippen LogP contribution in [-0.2, 0) is 4.79 Å². The maximum Gasteiger partial charge on any atom is 0.405 e. The standard InChI is InChI=1S/C14H16F3N3O/c1-8-4-11-12(5-9(8)2)20(7-19-11)10(3)13(21)18-6-14(15,16)17/h4-5,7,10H,6H2,1-3H3,(H,18,21)/t10-/m0/s1. The zero-order valence-corrected chi connectivity index (χ0v) is 12.0. The summed E-state index contributed by atoms with van der Waals surface area (Å²) in [7, 11) is 0. The first-order chi connectivity index (χ1) is 9.69. The fourth-order valence-electron chi connectivity index (χ4n) is 2.05. The molecule has 1 aromatic carbocycles. The molecule has 0 aliphatic heterocycles. The minimum Gasteiger partial charge on any atom is -0.345 e. The summed E-state index contributed by atoms with van der Waals surface area (Å²) < 4.78 is 38.0. The van der Waals surface area contributed by atoms with Crippen LogP contribution in [-0.4, -0.2) is 28.2 Å². The van der Waals surface area contributed by atoms with Crippen LogP contribution in [0.3, 0.4) is 0 Å². The third-order valence-corrected chi connectivity index (χ3v) is 3.45. The Bertz CT molecular complexity index is 676. The number of fused-ring (bicyclic) bond motifs is 1. The molecule has 2 aromatic rings. The van der Waals surface area contributed by atoms with E-state index in [1.807, 2.05) is 31.3 Å². The Kier molecular flexibility index (Phi) is 3.93. The largest absolute Gasteiger partial charge is 0.405 e. The van der Waals surface area contributed by atoms with Gasteiger partial charge in [0.15, 0.2) is 0 Å². The average Bonchev–Trinajstić information content (AvgIpc) is 2.77. The van der Waals surface area contributed by atoms with Gasteiger partial charge in [-0.05, 0) is 44.0 Å². The average molecular weight is 299 g/mol. The van der Waals surface area contributed by atoms with E-state index in [9.17, 15) is 18.0 Å². The summed E-state index contributed by atoms with van der Waals surface area (Å²) >= 11 is 0. The third kappa shape index (κ3) is 3.34. The number of imidazole rings is 1. The number of amides is 1. The molecule has 114 valence electrons. The van der Waals surface area contributed by atoms with Crippen LogP contribution in [0.15, 0.2) is 18.5 Å². The number of aryl methyl sites for hydroxylation is 2. The van der Waals surface area contributed by atoms with Crippen molar-refractivity contribution in [1.29, 1.82) is 0 Å². The molecule has 0 aliphatic carbocycles. The van der Waals surface area contributed by atoms with Crippen molar-refractivity contribution in [3.8, 4) is 0 Å². The Hall–Kier alpha value is -2.05. The van der Waals surface area contributed by atoms with E-state index in [2.05, 4.69) is 4.98 Å². The number of alkyl halides is 3. The lowest BCUT2D eigenvalue weighted by atomic mass is 10.1. The molecule has 0 radical (unpaired) electrons. The number of carbonyl (C=O) groups is 1. The molecule has 7 heteroatoms. The van der Waals surface area contributed by atoms with Gasteiger partial charge in [-0.15, -0.1) is 0 Å². The van der Waals surface area contributed by atoms with Gasteiger partial charge < -0.3 is 9.88 Å².